The fraction of sp³-hybridized carbons (Fsp3) is 0.409. The lowest BCUT2D eigenvalue weighted by Crippen LogP contribution is -2.32. The smallest absolute Gasteiger partial charge is 0.223 e. The van der Waals surface area contributed by atoms with Gasteiger partial charge in [0.05, 0.1) is 13.2 Å². The maximum absolute atomic E-state index is 12.6. The zero-order chi connectivity index (χ0) is 19.3. The zero-order valence-electron chi connectivity index (χ0n) is 16.3. The predicted molar refractivity (Wildman–Crippen MR) is 118 cm³/mol. The molecule has 2 heterocycles. The van der Waals surface area contributed by atoms with E-state index in [1.54, 1.807) is 11.8 Å². The van der Waals surface area contributed by atoms with Crippen molar-refractivity contribution < 1.29 is 14.3 Å². The number of carbonyl (C=O) groups is 1. The Hall–Kier alpha value is -1.89. The third-order valence-corrected chi connectivity index (χ3v) is 6.24. The Balaban J connectivity index is 0.00000240. The largest absolute Gasteiger partial charge is 0.490 e. The Labute approximate surface area is 182 Å². The molecule has 29 heavy (non-hydrogen) atoms. The van der Waals surface area contributed by atoms with Gasteiger partial charge in [0.15, 0.2) is 11.5 Å². The monoisotopic (exact) mass is 434 g/mol. The van der Waals surface area contributed by atoms with Gasteiger partial charge in [-0.25, -0.2) is 0 Å². The maximum Gasteiger partial charge on any atom is 0.223 e. The molecular formula is C22H27ClN2O3S. The van der Waals surface area contributed by atoms with Gasteiger partial charge in [0.25, 0.3) is 0 Å². The van der Waals surface area contributed by atoms with E-state index in [-0.39, 0.29) is 30.3 Å². The highest BCUT2D eigenvalue weighted by Gasteiger charge is 2.33. The number of amides is 1. The molecule has 2 atom stereocenters. The standard InChI is InChI=1S/C22H26N2O3S.ClH/c23-19-15-24(14-18(19)16-5-2-1-3-6-16)22(25)9-12-28-17-7-8-20-21(13-17)27-11-4-10-26-20;/h1-3,5-8,13,18-19H,4,9-12,14-15,23H2;1H/t18-,19+;/m0./s1. The first-order valence-electron chi connectivity index (χ1n) is 9.81. The van der Waals surface area contributed by atoms with Crippen LogP contribution in [0.2, 0.25) is 0 Å². The SMILES string of the molecule is Cl.N[C@@H]1CN(C(=O)CCSc2ccc3c(c2)OCCCO3)C[C@H]1c1ccccc1. The molecule has 2 aliphatic heterocycles. The summed E-state index contributed by atoms with van der Waals surface area (Å²) < 4.78 is 11.4. The van der Waals surface area contributed by atoms with Gasteiger partial charge in [-0.15, -0.1) is 24.2 Å². The van der Waals surface area contributed by atoms with Crippen molar-refractivity contribution in [2.24, 2.45) is 5.73 Å². The Morgan fingerprint density at radius 1 is 1.07 bits per heavy atom. The number of hydrogen-bond donors (Lipinski definition) is 1. The van der Waals surface area contributed by atoms with Crippen molar-refractivity contribution in [3.63, 3.8) is 0 Å². The van der Waals surface area contributed by atoms with E-state index in [1.165, 1.54) is 5.56 Å². The highest BCUT2D eigenvalue weighted by molar-refractivity contribution is 7.99. The van der Waals surface area contributed by atoms with Gasteiger partial charge in [-0.1, -0.05) is 30.3 Å². The minimum Gasteiger partial charge on any atom is -0.490 e. The average molecular weight is 435 g/mol. The number of benzene rings is 2. The number of fused-ring (bicyclic) bond motifs is 1. The van der Waals surface area contributed by atoms with Gasteiger partial charge >= 0.3 is 0 Å². The summed E-state index contributed by atoms with van der Waals surface area (Å²) in [5.74, 6) is 2.73. The predicted octanol–water partition coefficient (Wildman–Crippen LogP) is 3.71. The minimum absolute atomic E-state index is 0. The molecule has 0 unspecified atom stereocenters. The second kappa shape index (κ2) is 10.2. The molecule has 0 spiro atoms. The number of likely N-dealkylation sites (tertiary alicyclic amines) is 1. The number of nitrogens with zero attached hydrogens (tertiary/aromatic N) is 1. The fourth-order valence-electron chi connectivity index (χ4n) is 3.73. The Bertz CT molecular complexity index is 821. The molecule has 0 bridgehead atoms. The van der Waals surface area contributed by atoms with Crippen molar-refractivity contribution in [3.8, 4) is 11.5 Å². The Morgan fingerprint density at radius 2 is 1.83 bits per heavy atom. The number of thioether (sulfide) groups is 1. The summed E-state index contributed by atoms with van der Waals surface area (Å²) in [5, 5.41) is 0. The number of hydrogen-bond acceptors (Lipinski definition) is 5. The average Bonchev–Trinajstić information content (AvgIpc) is 2.95. The topological polar surface area (TPSA) is 64.8 Å². The van der Waals surface area contributed by atoms with E-state index in [2.05, 4.69) is 12.1 Å². The summed E-state index contributed by atoms with van der Waals surface area (Å²) >= 11 is 1.67. The lowest BCUT2D eigenvalue weighted by Gasteiger charge is -2.16. The molecule has 7 heteroatoms. The molecule has 2 aromatic rings. The van der Waals surface area contributed by atoms with Crippen molar-refractivity contribution in [1.82, 2.24) is 4.90 Å². The highest BCUT2D eigenvalue weighted by atomic mass is 35.5. The molecule has 1 saturated heterocycles. The molecule has 0 aliphatic carbocycles. The molecule has 0 aromatic heterocycles. The van der Waals surface area contributed by atoms with Crippen LogP contribution in [0.25, 0.3) is 0 Å². The minimum atomic E-state index is 0. The van der Waals surface area contributed by atoms with E-state index in [0.717, 1.165) is 28.6 Å². The number of rotatable bonds is 5. The zero-order valence-corrected chi connectivity index (χ0v) is 17.9. The van der Waals surface area contributed by atoms with Crippen LogP contribution in [-0.2, 0) is 4.79 Å². The second-order valence-electron chi connectivity index (χ2n) is 7.24. The Kier molecular flexibility index (Phi) is 7.70. The van der Waals surface area contributed by atoms with E-state index in [4.69, 9.17) is 15.2 Å². The first kappa shape index (κ1) is 21.8. The number of halogens is 1. The third-order valence-electron chi connectivity index (χ3n) is 5.25. The van der Waals surface area contributed by atoms with E-state index in [1.807, 2.05) is 41.3 Å². The quantitative estimate of drug-likeness (QED) is 0.727. The number of nitrogens with two attached hydrogens (primary N) is 1. The van der Waals surface area contributed by atoms with Gasteiger partial charge in [0.2, 0.25) is 5.91 Å². The number of ether oxygens (including phenoxy) is 2. The lowest BCUT2D eigenvalue weighted by molar-refractivity contribution is -0.129. The second-order valence-corrected chi connectivity index (χ2v) is 8.41. The van der Waals surface area contributed by atoms with Crippen LogP contribution in [-0.4, -0.2) is 48.9 Å². The normalized spacial score (nSPS) is 20.7. The molecule has 5 nitrogen and oxygen atoms in total. The highest BCUT2D eigenvalue weighted by Crippen LogP contribution is 2.34. The van der Waals surface area contributed by atoms with Gasteiger partial charge in [-0.05, 0) is 23.8 Å². The van der Waals surface area contributed by atoms with E-state index < -0.39 is 0 Å². The summed E-state index contributed by atoms with van der Waals surface area (Å²) in [6.45, 7) is 2.71. The van der Waals surface area contributed by atoms with Crippen molar-refractivity contribution >= 4 is 30.1 Å². The van der Waals surface area contributed by atoms with Crippen LogP contribution in [0.1, 0.15) is 24.3 Å². The molecule has 2 aliphatic rings. The van der Waals surface area contributed by atoms with Crippen LogP contribution in [0, 0.1) is 0 Å². The molecule has 1 amide bonds. The van der Waals surface area contributed by atoms with Gasteiger partial charge in [0, 0.05) is 48.5 Å². The van der Waals surface area contributed by atoms with Crippen LogP contribution in [0.3, 0.4) is 0 Å². The van der Waals surface area contributed by atoms with E-state index in [0.29, 0.717) is 32.7 Å². The summed E-state index contributed by atoms with van der Waals surface area (Å²) in [6, 6.07) is 16.2. The first-order chi connectivity index (χ1) is 13.7. The van der Waals surface area contributed by atoms with Crippen molar-refractivity contribution in [2.45, 2.75) is 29.7 Å². The third kappa shape index (κ3) is 5.38. The summed E-state index contributed by atoms with van der Waals surface area (Å²) in [4.78, 5) is 15.7. The van der Waals surface area contributed by atoms with E-state index in [9.17, 15) is 4.79 Å². The van der Waals surface area contributed by atoms with Crippen LogP contribution >= 0.6 is 24.2 Å². The molecule has 1 fully saturated rings. The van der Waals surface area contributed by atoms with Crippen molar-refractivity contribution in [2.75, 3.05) is 32.1 Å². The lowest BCUT2D eigenvalue weighted by atomic mass is 9.95. The molecular weight excluding hydrogens is 408 g/mol. The summed E-state index contributed by atoms with van der Waals surface area (Å²) in [7, 11) is 0. The maximum atomic E-state index is 12.6. The van der Waals surface area contributed by atoms with Gasteiger partial charge in [-0.2, -0.15) is 0 Å². The first-order valence-corrected chi connectivity index (χ1v) is 10.8. The molecule has 0 radical (unpaired) electrons. The van der Waals surface area contributed by atoms with Crippen molar-refractivity contribution in [3.05, 3.63) is 54.1 Å². The molecule has 156 valence electrons. The molecule has 0 saturated carbocycles. The molecule has 4 rings (SSSR count). The van der Waals surface area contributed by atoms with Crippen LogP contribution in [0.5, 0.6) is 11.5 Å². The summed E-state index contributed by atoms with van der Waals surface area (Å²) in [6.07, 6.45) is 1.40. The van der Waals surface area contributed by atoms with Crippen LogP contribution < -0.4 is 15.2 Å². The fourth-order valence-corrected chi connectivity index (χ4v) is 4.60. The van der Waals surface area contributed by atoms with Crippen LogP contribution in [0.4, 0.5) is 0 Å². The molecule has 2 aromatic carbocycles. The molecule has 2 N–H and O–H groups in total. The van der Waals surface area contributed by atoms with E-state index >= 15 is 0 Å². The van der Waals surface area contributed by atoms with Gasteiger partial charge < -0.3 is 20.1 Å². The van der Waals surface area contributed by atoms with Crippen LogP contribution in [0.15, 0.2) is 53.4 Å². The van der Waals surface area contributed by atoms with Gasteiger partial charge in [-0.3, -0.25) is 4.79 Å². The summed E-state index contributed by atoms with van der Waals surface area (Å²) in [5.41, 5.74) is 7.53. The van der Waals surface area contributed by atoms with Crippen molar-refractivity contribution in [1.29, 1.82) is 0 Å². The number of carbonyl (C=O) groups excluding carboxylic acids is 1. The Morgan fingerprint density at radius 3 is 2.62 bits per heavy atom. The van der Waals surface area contributed by atoms with Gasteiger partial charge in [0.1, 0.15) is 0 Å².